The van der Waals surface area contributed by atoms with Gasteiger partial charge in [0.05, 0.1) is 6.20 Å². The monoisotopic (exact) mass is 156 g/mol. The first-order chi connectivity index (χ1) is 5.16. The topological polar surface area (TPSA) is 38.9 Å². The van der Waals surface area contributed by atoms with Crippen LogP contribution in [-0.4, -0.2) is 4.98 Å². The first-order valence-corrected chi connectivity index (χ1v) is 2.88. The van der Waals surface area contributed by atoms with Crippen molar-refractivity contribution in [1.29, 1.82) is 0 Å². The molecular formula is C7H6F2N2. The zero-order valence-corrected chi connectivity index (χ0v) is 5.64. The van der Waals surface area contributed by atoms with Gasteiger partial charge in [-0.15, -0.1) is 0 Å². The van der Waals surface area contributed by atoms with E-state index in [1.807, 2.05) is 0 Å². The summed E-state index contributed by atoms with van der Waals surface area (Å²) in [4.78, 5) is 3.41. The highest BCUT2D eigenvalue weighted by Gasteiger charge is 2.08. The van der Waals surface area contributed by atoms with Crippen LogP contribution in [0.2, 0.25) is 0 Å². The van der Waals surface area contributed by atoms with Gasteiger partial charge in [-0.1, -0.05) is 6.58 Å². The van der Waals surface area contributed by atoms with Crippen molar-refractivity contribution < 1.29 is 8.78 Å². The van der Waals surface area contributed by atoms with Crippen molar-refractivity contribution in [1.82, 2.24) is 4.98 Å². The van der Waals surface area contributed by atoms with E-state index in [0.29, 0.717) is 0 Å². The Balaban J connectivity index is 3.36. The second-order valence-corrected chi connectivity index (χ2v) is 1.92. The minimum atomic E-state index is -0.861. The van der Waals surface area contributed by atoms with Crippen LogP contribution in [0.15, 0.2) is 12.8 Å². The third-order valence-corrected chi connectivity index (χ3v) is 1.23. The molecule has 0 saturated heterocycles. The standard InChI is InChI=1S/C7H6F2N2/c1-2-5-6(9)7(10)4(8)3-11-5/h2-3H,1H2,(H2,10,11). The van der Waals surface area contributed by atoms with Gasteiger partial charge < -0.3 is 5.73 Å². The van der Waals surface area contributed by atoms with Crippen molar-refractivity contribution in [2.45, 2.75) is 0 Å². The summed E-state index contributed by atoms with van der Waals surface area (Å²) >= 11 is 0. The number of aromatic nitrogens is 1. The number of nitrogens with zero attached hydrogens (tertiary/aromatic N) is 1. The molecule has 0 atom stereocenters. The van der Waals surface area contributed by atoms with Crippen molar-refractivity contribution >= 4 is 11.8 Å². The van der Waals surface area contributed by atoms with Crippen LogP contribution in [0.4, 0.5) is 14.5 Å². The maximum atomic E-state index is 12.8. The lowest BCUT2D eigenvalue weighted by Crippen LogP contribution is -1.99. The van der Waals surface area contributed by atoms with Crippen LogP contribution in [-0.2, 0) is 0 Å². The lowest BCUT2D eigenvalue weighted by Gasteiger charge is -1.99. The van der Waals surface area contributed by atoms with Crippen LogP contribution in [0.1, 0.15) is 5.69 Å². The van der Waals surface area contributed by atoms with E-state index in [0.717, 1.165) is 6.20 Å². The van der Waals surface area contributed by atoms with Gasteiger partial charge in [0.25, 0.3) is 0 Å². The fourth-order valence-electron chi connectivity index (χ4n) is 0.638. The Morgan fingerprint density at radius 2 is 2.18 bits per heavy atom. The SMILES string of the molecule is C=Cc1ncc(F)c(N)c1F. The Morgan fingerprint density at radius 1 is 1.55 bits per heavy atom. The van der Waals surface area contributed by atoms with Crippen LogP contribution in [0.5, 0.6) is 0 Å². The third kappa shape index (κ3) is 1.19. The molecule has 1 aromatic rings. The van der Waals surface area contributed by atoms with Crippen LogP contribution in [0.25, 0.3) is 6.08 Å². The minimum absolute atomic E-state index is 0.0381. The zero-order chi connectivity index (χ0) is 8.43. The van der Waals surface area contributed by atoms with Crippen molar-refractivity contribution in [3.63, 3.8) is 0 Å². The summed E-state index contributed by atoms with van der Waals surface area (Å²) in [5.41, 5.74) is 4.46. The Bertz CT molecular complexity index is 297. The van der Waals surface area contributed by atoms with E-state index in [4.69, 9.17) is 5.73 Å². The fourth-order valence-corrected chi connectivity index (χ4v) is 0.638. The smallest absolute Gasteiger partial charge is 0.174 e. The summed E-state index contributed by atoms with van der Waals surface area (Å²) in [7, 11) is 0. The number of hydrogen-bond acceptors (Lipinski definition) is 2. The van der Waals surface area contributed by atoms with E-state index in [-0.39, 0.29) is 5.69 Å². The number of rotatable bonds is 1. The Morgan fingerprint density at radius 3 is 2.73 bits per heavy atom. The highest BCUT2D eigenvalue weighted by Crippen LogP contribution is 2.16. The molecule has 0 spiro atoms. The van der Waals surface area contributed by atoms with Crippen molar-refractivity contribution in [3.8, 4) is 0 Å². The summed E-state index contributed by atoms with van der Waals surface area (Å²) < 4.78 is 25.2. The van der Waals surface area contributed by atoms with Gasteiger partial charge in [0.2, 0.25) is 0 Å². The van der Waals surface area contributed by atoms with Crippen molar-refractivity contribution in [3.05, 3.63) is 30.1 Å². The molecule has 0 unspecified atom stereocenters. The lowest BCUT2D eigenvalue weighted by atomic mass is 10.3. The van der Waals surface area contributed by atoms with Gasteiger partial charge >= 0.3 is 0 Å². The molecule has 1 heterocycles. The van der Waals surface area contributed by atoms with Gasteiger partial charge in [-0.3, -0.25) is 4.98 Å². The molecule has 0 saturated carbocycles. The Hall–Kier alpha value is -1.45. The first kappa shape index (κ1) is 7.65. The maximum Gasteiger partial charge on any atom is 0.174 e. The molecule has 0 aromatic carbocycles. The highest BCUT2D eigenvalue weighted by molar-refractivity contribution is 5.51. The molecule has 0 aliphatic carbocycles. The Kier molecular flexibility index (Phi) is 1.85. The van der Waals surface area contributed by atoms with Crippen LogP contribution in [0, 0.1) is 11.6 Å². The zero-order valence-electron chi connectivity index (χ0n) is 5.64. The van der Waals surface area contributed by atoms with Crippen molar-refractivity contribution in [2.75, 3.05) is 5.73 Å². The third-order valence-electron chi connectivity index (χ3n) is 1.23. The molecule has 0 bridgehead atoms. The molecule has 4 heteroatoms. The average molecular weight is 156 g/mol. The fraction of sp³-hybridized carbons (Fsp3) is 0. The maximum absolute atomic E-state index is 12.8. The van der Waals surface area contributed by atoms with E-state index in [2.05, 4.69) is 11.6 Å². The van der Waals surface area contributed by atoms with E-state index in [1.54, 1.807) is 0 Å². The summed E-state index contributed by atoms with van der Waals surface area (Å²) in [6.07, 6.45) is 2.03. The second-order valence-electron chi connectivity index (χ2n) is 1.92. The normalized spacial score (nSPS) is 9.64. The van der Waals surface area contributed by atoms with Gasteiger partial charge in [0, 0.05) is 0 Å². The molecule has 2 nitrogen and oxygen atoms in total. The highest BCUT2D eigenvalue weighted by atomic mass is 19.1. The quantitative estimate of drug-likeness (QED) is 0.670. The van der Waals surface area contributed by atoms with Gasteiger partial charge in [0.15, 0.2) is 11.6 Å². The number of halogens is 2. The average Bonchev–Trinajstić information content (AvgIpc) is 2.01. The van der Waals surface area contributed by atoms with Crippen LogP contribution in [0.3, 0.4) is 0 Å². The molecular weight excluding hydrogens is 150 g/mol. The lowest BCUT2D eigenvalue weighted by molar-refractivity contribution is 0.579. The number of pyridine rings is 1. The molecule has 0 aliphatic rings. The van der Waals surface area contributed by atoms with E-state index < -0.39 is 17.3 Å². The molecule has 2 N–H and O–H groups in total. The van der Waals surface area contributed by atoms with Gasteiger partial charge in [-0.2, -0.15) is 0 Å². The molecule has 0 fully saturated rings. The predicted octanol–water partition coefficient (Wildman–Crippen LogP) is 1.58. The Labute approximate surface area is 62.4 Å². The van der Waals surface area contributed by atoms with Gasteiger partial charge in [-0.05, 0) is 6.08 Å². The van der Waals surface area contributed by atoms with Gasteiger partial charge in [0.1, 0.15) is 11.4 Å². The van der Waals surface area contributed by atoms with Crippen LogP contribution >= 0.6 is 0 Å². The molecule has 1 rings (SSSR count). The van der Waals surface area contributed by atoms with E-state index in [9.17, 15) is 8.78 Å². The summed E-state index contributed by atoms with van der Waals surface area (Å²) in [6, 6.07) is 0. The number of nitrogen functional groups attached to an aromatic ring is 1. The summed E-state index contributed by atoms with van der Waals surface area (Å²) in [5, 5.41) is 0. The summed E-state index contributed by atoms with van der Waals surface area (Å²) in [6.45, 7) is 3.28. The van der Waals surface area contributed by atoms with Crippen LogP contribution < -0.4 is 5.73 Å². The largest absolute Gasteiger partial charge is 0.394 e. The number of hydrogen-bond donors (Lipinski definition) is 1. The van der Waals surface area contributed by atoms with E-state index in [1.165, 1.54) is 6.08 Å². The molecule has 58 valence electrons. The summed E-state index contributed by atoms with van der Waals surface area (Å²) in [5.74, 6) is -1.71. The van der Waals surface area contributed by atoms with E-state index >= 15 is 0 Å². The molecule has 0 aliphatic heterocycles. The molecule has 0 radical (unpaired) electrons. The number of nitrogens with two attached hydrogens (primary N) is 1. The predicted molar refractivity (Wildman–Crippen MR) is 38.7 cm³/mol. The minimum Gasteiger partial charge on any atom is -0.394 e. The molecule has 1 aromatic heterocycles. The number of anilines is 1. The molecule has 0 amide bonds. The van der Waals surface area contributed by atoms with Crippen molar-refractivity contribution in [2.24, 2.45) is 0 Å². The molecule has 11 heavy (non-hydrogen) atoms. The van der Waals surface area contributed by atoms with Gasteiger partial charge in [-0.25, -0.2) is 8.78 Å². The first-order valence-electron chi connectivity index (χ1n) is 2.88. The second kappa shape index (κ2) is 2.65.